The van der Waals surface area contributed by atoms with Crippen molar-refractivity contribution >= 4 is 5.91 Å². The molecular formula is C12H16N2O2. The minimum absolute atomic E-state index is 0.0594. The molecule has 0 aromatic heterocycles. The largest absolute Gasteiger partial charge is 0.496 e. The van der Waals surface area contributed by atoms with Crippen LogP contribution in [-0.4, -0.2) is 19.1 Å². The van der Waals surface area contributed by atoms with Crippen LogP contribution in [0.15, 0.2) is 12.1 Å². The normalized spacial score (nSPS) is 23.6. The fraction of sp³-hybridized carbons (Fsp3) is 0.417. The number of nitrogens with one attached hydrogen (secondary N) is 1. The smallest absolute Gasteiger partial charge is 0.239 e. The van der Waals surface area contributed by atoms with Crippen LogP contribution in [0.1, 0.15) is 22.7 Å². The van der Waals surface area contributed by atoms with Crippen molar-refractivity contribution in [3.63, 3.8) is 0 Å². The maximum absolute atomic E-state index is 11.0. The summed E-state index contributed by atoms with van der Waals surface area (Å²) >= 11 is 0. The van der Waals surface area contributed by atoms with Gasteiger partial charge in [0.05, 0.1) is 13.2 Å². The Balaban J connectivity index is 2.34. The standard InChI is InChI=1S/C12H16N2O2/c1-6-4-8(5-7(2)11(6)16-3)10-9(13)12(15)14-10/h4-5,9-10H,13H2,1-3H3,(H,14,15). The molecule has 1 heterocycles. The van der Waals surface area contributed by atoms with E-state index in [1.54, 1.807) is 7.11 Å². The average molecular weight is 220 g/mol. The SMILES string of the molecule is COc1c(C)cc(C2NC(=O)C2N)cc1C. The van der Waals surface area contributed by atoms with Gasteiger partial charge in [0.2, 0.25) is 5.91 Å². The molecule has 1 aromatic rings. The molecule has 16 heavy (non-hydrogen) atoms. The van der Waals surface area contributed by atoms with Crippen LogP contribution < -0.4 is 15.8 Å². The molecule has 1 amide bonds. The molecule has 1 saturated heterocycles. The van der Waals surface area contributed by atoms with Crippen molar-refractivity contribution in [2.24, 2.45) is 5.73 Å². The Hall–Kier alpha value is -1.55. The van der Waals surface area contributed by atoms with Crippen LogP contribution in [0.2, 0.25) is 0 Å². The number of carbonyl (C=O) groups excluding carboxylic acids is 1. The van der Waals surface area contributed by atoms with Crippen molar-refractivity contribution < 1.29 is 9.53 Å². The number of benzene rings is 1. The molecule has 2 atom stereocenters. The van der Waals surface area contributed by atoms with Crippen LogP contribution in [0.4, 0.5) is 0 Å². The lowest BCUT2D eigenvalue weighted by Gasteiger charge is -2.34. The zero-order chi connectivity index (χ0) is 11.9. The Bertz CT molecular complexity index is 420. The number of methoxy groups -OCH3 is 1. The highest BCUT2D eigenvalue weighted by atomic mass is 16.5. The molecule has 1 aliphatic heterocycles. The maximum atomic E-state index is 11.0. The first-order chi connectivity index (χ1) is 7.54. The average Bonchev–Trinajstić information content (AvgIpc) is 2.24. The summed E-state index contributed by atoms with van der Waals surface area (Å²) in [6.07, 6.45) is 0. The van der Waals surface area contributed by atoms with Gasteiger partial charge in [0.1, 0.15) is 11.8 Å². The first-order valence-electron chi connectivity index (χ1n) is 5.25. The quantitative estimate of drug-likeness (QED) is 0.725. The highest BCUT2D eigenvalue weighted by molar-refractivity contribution is 5.89. The van der Waals surface area contributed by atoms with E-state index in [9.17, 15) is 4.79 Å². The van der Waals surface area contributed by atoms with Gasteiger partial charge in [-0.15, -0.1) is 0 Å². The number of β-lactam (4-membered cyclic amide) rings is 1. The summed E-state index contributed by atoms with van der Waals surface area (Å²) in [7, 11) is 1.66. The van der Waals surface area contributed by atoms with Crippen LogP contribution in [0.25, 0.3) is 0 Å². The van der Waals surface area contributed by atoms with E-state index >= 15 is 0 Å². The number of aryl methyl sites for hydroxylation is 2. The molecular weight excluding hydrogens is 204 g/mol. The van der Waals surface area contributed by atoms with Crippen LogP contribution in [0.5, 0.6) is 5.75 Å². The van der Waals surface area contributed by atoms with Gasteiger partial charge < -0.3 is 15.8 Å². The van der Waals surface area contributed by atoms with Gasteiger partial charge in [-0.05, 0) is 30.5 Å². The maximum Gasteiger partial charge on any atom is 0.239 e. The first-order valence-corrected chi connectivity index (χ1v) is 5.25. The van der Waals surface area contributed by atoms with Gasteiger partial charge in [-0.2, -0.15) is 0 Å². The Kier molecular flexibility index (Phi) is 2.59. The number of carbonyl (C=O) groups is 1. The summed E-state index contributed by atoms with van der Waals surface area (Å²) in [5.74, 6) is 0.805. The molecule has 2 unspecified atom stereocenters. The van der Waals surface area contributed by atoms with E-state index in [1.165, 1.54) is 0 Å². The van der Waals surface area contributed by atoms with Crippen LogP contribution in [0.3, 0.4) is 0 Å². The molecule has 0 spiro atoms. The molecule has 2 rings (SSSR count). The predicted octanol–water partition coefficient (Wildman–Crippen LogP) is 0.810. The van der Waals surface area contributed by atoms with Crippen LogP contribution in [-0.2, 0) is 4.79 Å². The van der Waals surface area contributed by atoms with Crippen molar-refractivity contribution in [1.29, 1.82) is 0 Å². The monoisotopic (exact) mass is 220 g/mol. The zero-order valence-electron chi connectivity index (χ0n) is 9.70. The minimum atomic E-state index is -0.424. The van der Waals surface area contributed by atoms with Crippen LogP contribution >= 0.6 is 0 Å². The predicted molar refractivity (Wildman–Crippen MR) is 61.3 cm³/mol. The van der Waals surface area contributed by atoms with E-state index in [2.05, 4.69) is 5.32 Å². The Morgan fingerprint density at radius 2 is 1.88 bits per heavy atom. The summed E-state index contributed by atoms with van der Waals surface area (Å²) in [6.45, 7) is 3.97. The molecule has 0 aliphatic carbocycles. The lowest BCUT2D eigenvalue weighted by molar-refractivity contribution is -0.130. The zero-order valence-corrected chi connectivity index (χ0v) is 9.70. The molecule has 1 aromatic carbocycles. The highest BCUT2D eigenvalue weighted by Gasteiger charge is 2.37. The molecule has 4 nitrogen and oxygen atoms in total. The van der Waals surface area contributed by atoms with Crippen molar-refractivity contribution in [3.8, 4) is 5.75 Å². The van der Waals surface area contributed by atoms with Gasteiger partial charge in [-0.3, -0.25) is 4.79 Å². The molecule has 86 valence electrons. The summed E-state index contributed by atoms with van der Waals surface area (Å²) in [6, 6.07) is 3.54. The fourth-order valence-electron chi connectivity index (χ4n) is 2.17. The van der Waals surface area contributed by atoms with Crippen molar-refractivity contribution in [3.05, 3.63) is 28.8 Å². The molecule has 0 saturated carbocycles. The van der Waals surface area contributed by atoms with E-state index in [1.807, 2.05) is 26.0 Å². The molecule has 0 radical (unpaired) electrons. The third-order valence-electron chi connectivity index (χ3n) is 3.01. The summed E-state index contributed by atoms with van der Waals surface area (Å²) in [5.41, 5.74) is 8.89. The second-order valence-electron chi connectivity index (χ2n) is 4.20. The summed E-state index contributed by atoms with van der Waals surface area (Å²) in [5, 5.41) is 2.80. The van der Waals surface area contributed by atoms with Crippen molar-refractivity contribution in [2.75, 3.05) is 7.11 Å². The highest BCUT2D eigenvalue weighted by Crippen LogP contribution is 2.30. The first kappa shape index (κ1) is 11.0. The van der Waals surface area contributed by atoms with E-state index in [0.717, 1.165) is 22.4 Å². The summed E-state index contributed by atoms with van der Waals surface area (Å²) < 4.78 is 5.29. The lowest BCUT2D eigenvalue weighted by atomic mass is 9.90. The van der Waals surface area contributed by atoms with Gasteiger partial charge in [0.15, 0.2) is 0 Å². The van der Waals surface area contributed by atoms with E-state index in [0.29, 0.717) is 0 Å². The topological polar surface area (TPSA) is 64.3 Å². The molecule has 1 fully saturated rings. The number of rotatable bonds is 2. The van der Waals surface area contributed by atoms with E-state index in [4.69, 9.17) is 10.5 Å². The number of ether oxygens (including phenoxy) is 1. The third-order valence-corrected chi connectivity index (χ3v) is 3.01. The van der Waals surface area contributed by atoms with Crippen LogP contribution in [0, 0.1) is 13.8 Å². The van der Waals surface area contributed by atoms with E-state index in [-0.39, 0.29) is 11.9 Å². The third kappa shape index (κ3) is 1.55. The number of hydrogen-bond acceptors (Lipinski definition) is 3. The van der Waals surface area contributed by atoms with Gasteiger partial charge in [-0.25, -0.2) is 0 Å². The molecule has 1 aliphatic rings. The second-order valence-corrected chi connectivity index (χ2v) is 4.20. The van der Waals surface area contributed by atoms with Crippen molar-refractivity contribution in [1.82, 2.24) is 5.32 Å². The molecule has 3 N–H and O–H groups in total. The number of amides is 1. The van der Waals surface area contributed by atoms with Gasteiger partial charge in [0.25, 0.3) is 0 Å². The Labute approximate surface area is 94.8 Å². The van der Waals surface area contributed by atoms with Crippen molar-refractivity contribution in [2.45, 2.75) is 25.9 Å². The minimum Gasteiger partial charge on any atom is -0.496 e. The number of nitrogens with two attached hydrogens (primary N) is 1. The van der Waals surface area contributed by atoms with Gasteiger partial charge in [-0.1, -0.05) is 12.1 Å². The molecule has 4 heteroatoms. The Morgan fingerprint density at radius 1 is 1.31 bits per heavy atom. The van der Waals surface area contributed by atoms with Gasteiger partial charge >= 0.3 is 0 Å². The van der Waals surface area contributed by atoms with E-state index < -0.39 is 6.04 Å². The molecule has 0 bridgehead atoms. The van der Waals surface area contributed by atoms with Gasteiger partial charge in [0, 0.05) is 0 Å². The fourth-order valence-corrected chi connectivity index (χ4v) is 2.17. The lowest BCUT2D eigenvalue weighted by Crippen LogP contribution is -2.60. The Morgan fingerprint density at radius 3 is 2.25 bits per heavy atom. The summed E-state index contributed by atoms with van der Waals surface area (Å²) in [4.78, 5) is 11.0. The second kappa shape index (κ2) is 3.79. The number of hydrogen-bond donors (Lipinski definition) is 2.